The normalized spacial score (nSPS) is 26.7. The fraction of sp³-hybridized carbons (Fsp3) is 0.541. The molecule has 0 radical (unpaired) electrons. The van der Waals surface area contributed by atoms with Gasteiger partial charge in [-0.25, -0.2) is 14.6 Å². The molecule has 1 aromatic heterocycles. The lowest BCUT2D eigenvalue weighted by molar-refractivity contribution is -0.173. The summed E-state index contributed by atoms with van der Waals surface area (Å²) in [4.78, 5) is 36.7. The second-order valence-electron chi connectivity index (χ2n) is 16.4. The third kappa shape index (κ3) is 5.13. The predicted molar refractivity (Wildman–Crippen MR) is 182 cm³/mol. The quantitative estimate of drug-likeness (QED) is 0.178. The Hall–Kier alpha value is -4.29. The van der Waals surface area contributed by atoms with Crippen molar-refractivity contribution in [2.24, 2.45) is 10.9 Å². The number of alkyl carbamates (subject to hydrolysis) is 2. The van der Waals surface area contributed by atoms with Crippen LogP contribution in [0.3, 0.4) is 0 Å². The Morgan fingerprint density at radius 2 is 1.76 bits per heavy atom. The molecule has 12 nitrogen and oxygen atoms in total. The molecule has 260 valence electrons. The lowest BCUT2D eigenvalue weighted by Crippen LogP contribution is -2.74. The molecule has 5 aliphatic rings. The Kier molecular flexibility index (Phi) is 6.91. The minimum atomic E-state index is -1.19. The van der Waals surface area contributed by atoms with Crippen LogP contribution >= 0.6 is 0 Å². The molecule has 4 atom stereocenters. The van der Waals surface area contributed by atoms with Crippen LogP contribution in [0.1, 0.15) is 89.3 Å². The van der Waals surface area contributed by atoms with Gasteiger partial charge >= 0.3 is 12.2 Å². The van der Waals surface area contributed by atoms with Crippen molar-refractivity contribution in [1.82, 2.24) is 20.5 Å². The van der Waals surface area contributed by atoms with Gasteiger partial charge in [-0.3, -0.25) is 15.5 Å². The SMILES string of the molecule is CC(C)(C)OC(=O)NC(=Nc1cccc2[nH]c3c(c12)C[C@@]1(O)[C@H]2Cc4ccc(O)c5c4[C@@]1(CCN2CC1CC1)[C@H]3O5)NC(=O)OC(C)(C)C. The molecule has 8 rings (SSSR count). The molecule has 1 spiro atoms. The van der Waals surface area contributed by atoms with Crippen LogP contribution in [-0.2, 0) is 27.7 Å². The number of H-pyrrole nitrogens is 1. The van der Waals surface area contributed by atoms with E-state index in [9.17, 15) is 19.8 Å². The molecule has 2 aromatic carbocycles. The van der Waals surface area contributed by atoms with E-state index < -0.39 is 40.5 Å². The summed E-state index contributed by atoms with van der Waals surface area (Å²) in [5.74, 6) is 1.04. The highest BCUT2D eigenvalue weighted by molar-refractivity contribution is 6.05. The number of aromatic amines is 1. The van der Waals surface area contributed by atoms with E-state index >= 15 is 0 Å². The minimum absolute atomic E-state index is 0.0813. The van der Waals surface area contributed by atoms with Gasteiger partial charge < -0.3 is 29.4 Å². The van der Waals surface area contributed by atoms with Gasteiger partial charge in [0, 0.05) is 35.5 Å². The number of likely N-dealkylation sites (tertiary alicyclic amines) is 1. The maximum atomic E-state index is 13.3. The van der Waals surface area contributed by atoms with Crippen molar-refractivity contribution in [1.29, 1.82) is 0 Å². The summed E-state index contributed by atoms with van der Waals surface area (Å²) in [7, 11) is 0. The summed E-state index contributed by atoms with van der Waals surface area (Å²) in [5, 5.41) is 30.2. The Morgan fingerprint density at radius 1 is 1.06 bits per heavy atom. The summed E-state index contributed by atoms with van der Waals surface area (Å²) in [6.07, 6.45) is 2.00. The van der Waals surface area contributed by atoms with E-state index in [0.29, 0.717) is 36.6 Å². The highest BCUT2D eigenvalue weighted by Crippen LogP contribution is 2.69. The Balaban J connectivity index is 1.26. The zero-order valence-corrected chi connectivity index (χ0v) is 28.9. The van der Waals surface area contributed by atoms with E-state index in [2.05, 4.69) is 20.5 Å². The number of carbonyl (C=O) groups is 2. The van der Waals surface area contributed by atoms with Crippen LogP contribution in [0, 0.1) is 5.92 Å². The lowest BCUT2D eigenvalue weighted by Gasteiger charge is -2.62. The number of fused-ring (bicyclic) bond motifs is 4. The molecule has 2 fully saturated rings. The number of piperidine rings is 1. The van der Waals surface area contributed by atoms with E-state index in [1.807, 2.05) is 18.2 Å². The first-order valence-electron chi connectivity index (χ1n) is 17.3. The van der Waals surface area contributed by atoms with Gasteiger partial charge in [0.05, 0.1) is 22.4 Å². The third-order valence-corrected chi connectivity index (χ3v) is 10.6. The molecule has 1 saturated carbocycles. The summed E-state index contributed by atoms with van der Waals surface area (Å²) in [5.41, 5.74) is 1.49. The number of aliphatic imine (C=N–C) groups is 1. The van der Waals surface area contributed by atoms with E-state index in [1.165, 1.54) is 12.8 Å². The number of nitrogens with one attached hydrogen (secondary N) is 3. The van der Waals surface area contributed by atoms with E-state index in [1.54, 1.807) is 53.7 Å². The van der Waals surface area contributed by atoms with Gasteiger partial charge in [0.1, 0.15) is 11.2 Å². The third-order valence-electron chi connectivity index (χ3n) is 10.6. The van der Waals surface area contributed by atoms with Gasteiger partial charge in [0.15, 0.2) is 17.6 Å². The number of carbonyl (C=O) groups excluding carboxylic acids is 2. The summed E-state index contributed by atoms with van der Waals surface area (Å²) < 4.78 is 17.7. The smallest absolute Gasteiger partial charge is 0.414 e. The first-order valence-corrected chi connectivity index (χ1v) is 17.3. The summed E-state index contributed by atoms with van der Waals surface area (Å²) in [6.45, 7) is 12.3. The van der Waals surface area contributed by atoms with Crippen molar-refractivity contribution in [3.8, 4) is 11.5 Å². The molecule has 5 N–H and O–H groups in total. The van der Waals surface area contributed by atoms with E-state index in [-0.39, 0.29) is 17.8 Å². The number of ether oxygens (including phenoxy) is 3. The number of benzene rings is 2. The van der Waals surface area contributed by atoms with Gasteiger partial charge in [-0.15, -0.1) is 0 Å². The van der Waals surface area contributed by atoms with Gasteiger partial charge in [-0.1, -0.05) is 12.1 Å². The number of aromatic nitrogens is 1. The van der Waals surface area contributed by atoms with Crippen LogP contribution in [0.15, 0.2) is 35.3 Å². The predicted octanol–water partition coefficient (Wildman–Crippen LogP) is 5.61. The Labute approximate surface area is 285 Å². The molecule has 2 amide bonds. The zero-order valence-electron chi connectivity index (χ0n) is 28.9. The standard InChI is InChI=1S/C37H45N5O7/c1-34(2,3)48-32(44)40-31(41-33(45)49-35(4,5)6)39-23-9-7-8-22-26(23)21-17-37(46)25-16-20-12-13-24(43)29-27(20)36(37,30(47-29)28(21)38-22)14-15-42(25)18-19-10-11-19/h7-9,12-13,19,25,30,38,43,46H,10-11,14-18H2,1-6H3,(H2,39,40,41,44,45)/t25-,30+,36+,37-/m1/s1. The first kappa shape index (κ1) is 31.9. The van der Waals surface area contributed by atoms with Crippen LogP contribution in [-0.4, -0.2) is 74.2 Å². The Morgan fingerprint density at radius 3 is 2.41 bits per heavy atom. The number of hydrogen-bond acceptors (Lipinski definition) is 9. The minimum Gasteiger partial charge on any atom is -0.504 e. The van der Waals surface area contributed by atoms with Gasteiger partial charge in [0.2, 0.25) is 5.96 Å². The van der Waals surface area contributed by atoms with Gasteiger partial charge in [-0.2, -0.15) is 0 Å². The number of phenolic OH excluding ortho intramolecular Hbond substituents is 1. The molecule has 1 saturated heterocycles. The number of nitrogens with zero attached hydrogens (tertiary/aromatic N) is 2. The van der Waals surface area contributed by atoms with Crippen LogP contribution in [0.2, 0.25) is 0 Å². The molecule has 0 unspecified atom stereocenters. The molecular weight excluding hydrogens is 626 g/mol. The molecule has 2 aliphatic heterocycles. The number of aromatic hydroxyl groups is 1. The van der Waals surface area contributed by atoms with Crippen molar-refractivity contribution < 1.29 is 34.0 Å². The number of aliphatic hydroxyl groups is 1. The van der Waals surface area contributed by atoms with Crippen LogP contribution in [0.4, 0.5) is 15.3 Å². The molecule has 12 heteroatoms. The summed E-state index contributed by atoms with van der Waals surface area (Å²) >= 11 is 0. The maximum Gasteiger partial charge on any atom is 0.414 e. The fourth-order valence-electron chi connectivity index (χ4n) is 8.76. The number of guanidine groups is 1. The van der Waals surface area contributed by atoms with Crippen molar-refractivity contribution in [2.75, 3.05) is 13.1 Å². The number of amides is 2. The fourth-order valence-corrected chi connectivity index (χ4v) is 8.76. The maximum absolute atomic E-state index is 13.3. The van der Waals surface area contributed by atoms with Crippen LogP contribution in [0.5, 0.6) is 11.5 Å². The first-order chi connectivity index (χ1) is 23.1. The van der Waals surface area contributed by atoms with Crippen molar-refractivity contribution in [2.45, 2.75) is 108 Å². The van der Waals surface area contributed by atoms with E-state index in [0.717, 1.165) is 46.4 Å². The van der Waals surface area contributed by atoms with E-state index in [4.69, 9.17) is 19.2 Å². The summed E-state index contributed by atoms with van der Waals surface area (Å²) in [6, 6.07) is 9.15. The van der Waals surface area contributed by atoms with Gasteiger partial charge in [0.25, 0.3) is 0 Å². The van der Waals surface area contributed by atoms with Crippen molar-refractivity contribution in [3.05, 3.63) is 52.7 Å². The zero-order chi connectivity index (χ0) is 34.7. The molecule has 3 aliphatic carbocycles. The highest BCUT2D eigenvalue weighted by atomic mass is 16.6. The highest BCUT2D eigenvalue weighted by Gasteiger charge is 2.73. The largest absolute Gasteiger partial charge is 0.504 e. The number of rotatable bonds is 3. The van der Waals surface area contributed by atoms with Crippen LogP contribution in [0.25, 0.3) is 10.9 Å². The van der Waals surface area contributed by atoms with Gasteiger partial charge in [-0.05, 0) is 109 Å². The topological polar surface area (TPSA) is 158 Å². The molecule has 49 heavy (non-hydrogen) atoms. The average molecular weight is 672 g/mol. The van der Waals surface area contributed by atoms with Crippen LogP contribution < -0.4 is 15.4 Å². The number of hydrogen-bond donors (Lipinski definition) is 5. The molecule has 3 aromatic rings. The second kappa shape index (κ2) is 10.6. The Bertz CT molecular complexity index is 1890. The molecule has 3 heterocycles. The lowest BCUT2D eigenvalue weighted by atomic mass is 9.49. The second-order valence-corrected chi connectivity index (χ2v) is 16.4. The number of phenols is 1. The monoisotopic (exact) mass is 671 g/mol. The molecule has 2 bridgehead atoms. The average Bonchev–Trinajstić information content (AvgIpc) is 3.61. The molecular formula is C37H45N5O7. The van der Waals surface area contributed by atoms with Crippen molar-refractivity contribution >= 4 is 34.7 Å². The van der Waals surface area contributed by atoms with Crippen molar-refractivity contribution in [3.63, 3.8) is 0 Å².